The van der Waals surface area contributed by atoms with Gasteiger partial charge in [-0.25, -0.2) is 8.96 Å². The van der Waals surface area contributed by atoms with E-state index in [1.165, 1.54) is 0 Å². The van der Waals surface area contributed by atoms with Crippen LogP contribution in [0.3, 0.4) is 0 Å². The summed E-state index contributed by atoms with van der Waals surface area (Å²) in [6.45, 7) is 2.00. The Balaban J connectivity index is 1.65. The van der Waals surface area contributed by atoms with Crippen molar-refractivity contribution >= 4 is 33.1 Å². The van der Waals surface area contributed by atoms with E-state index in [9.17, 15) is 8.78 Å². The summed E-state index contributed by atoms with van der Waals surface area (Å²) in [5.74, 6) is -0.748. The van der Waals surface area contributed by atoms with Gasteiger partial charge in [0.05, 0.1) is 12.4 Å². The molecule has 0 atom stereocenters. The zero-order valence-electron chi connectivity index (χ0n) is 20.7. The van der Waals surface area contributed by atoms with Crippen molar-refractivity contribution in [2.45, 2.75) is 6.92 Å². The third-order valence-electron chi connectivity index (χ3n) is 7.21. The van der Waals surface area contributed by atoms with Gasteiger partial charge in [-0.15, -0.1) is 0 Å². The van der Waals surface area contributed by atoms with Gasteiger partial charge in [-0.3, -0.25) is 0 Å². The average Bonchev–Trinajstić information content (AvgIpc) is 3.44. The van der Waals surface area contributed by atoms with E-state index in [2.05, 4.69) is 50.5 Å². The Morgan fingerprint density at radius 1 is 0.842 bits per heavy atom. The van der Waals surface area contributed by atoms with Crippen LogP contribution in [0.1, 0.15) is 5.56 Å². The Labute approximate surface area is 217 Å². The Morgan fingerprint density at radius 2 is 1.58 bits per heavy atom. The summed E-state index contributed by atoms with van der Waals surface area (Å²) in [6, 6.07) is 31.3. The number of benzene rings is 4. The van der Waals surface area contributed by atoms with Crippen molar-refractivity contribution in [2.24, 2.45) is 7.05 Å². The first-order valence-electron chi connectivity index (χ1n) is 12.4. The summed E-state index contributed by atoms with van der Waals surface area (Å²) in [5, 5.41) is 0.733. The highest BCUT2D eigenvalue weighted by Crippen LogP contribution is 2.40. The van der Waals surface area contributed by atoms with E-state index in [0.717, 1.165) is 50.9 Å². The standard InChI is InChI=1S/C32H22F2N3O/c1-19-16-17-22-29-23(33)18-27(34)35-31(29)38-30(22)28(19)32-36(2)25-14-8-9-15-26(25)37(32)24-13-7-6-12-21(24)20-10-4-3-5-11-20/h3-18H,1-2H3/q+1. The summed E-state index contributed by atoms with van der Waals surface area (Å²) < 4.78 is 39.4. The third kappa shape index (κ3) is 3.20. The zero-order chi connectivity index (χ0) is 26.0. The molecule has 7 aromatic rings. The highest BCUT2D eigenvalue weighted by atomic mass is 19.1. The second-order valence-electron chi connectivity index (χ2n) is 9.43. The number of imidazole rings is 1. The minimum atomic E-state index is -0.913. The summed E-state index contributed by atoms with van der Waals surface area (Å²) in [5.41, 5.74) is 7.33. The normalized spacial score (nSPS) is 11.7. The minimum absolute atomic E-state index is 0.0562. The largest absolute Gasteiger partial charge is 0.437 e. The number of aryl methyl sites for hydroxylation is 2. The molecule has 0 bridgehead atoms. The molecule has 0 radical (unpaired) electrons. The molecule has 184 valence electrons. The summed E-state index contributed by atoms with van der Waals surface area (Å²) in [6.07, 6.45) is 0. The lowest BCUT2D eigenvalue weighted by Crippen LogP contribution is -2.30. The molecule has 6 heteroatoms. The second-order valence-corrected chi connectivity index (χ2v) is 9.43. The quantitative estimate of drug-likeness (QED) is 0.184. The maximum Gasteiger partial charge on any atom is 0.299 e. The van der Waals surface area contributed by atoms with Crippen molar-refractivity contribution in [3.63, 3.8) is 0 Å². The van der Waals surface area contributed by atoms with Gasteiger partial charge < -0.3 is 4.42 Å². The SMILES string of the molecule is Cc1ccc2c(oc3nc(F)cc(F)c32)c1-c1n(-c2ccccc2-c2ccccc2)c2ccccc2[n+]1C. The van der Waals surface area contributed by atoms with Gasteiger partial charge in [0.15, 0.2) is 16.6 Å². The van der Waals surface area contributed by atoms with E-state index in [4.69, 9.17) is 4.42 Å². The van der Waals surface area contributed by atoms with Crippen molar-refractivity contribution in [2.75, 3.05) is 0 Å². The first kappa shape index (κ1) is 22.4. The number of nitrogens with zero attached hydrogens (tertiary/aromatic N) is 3. The van der Waals surface area contributed by atoms with Crippen molar-refractivity contribution in [1.29, 1.82) is 0 Å². The molecule has 38 heavy (non-hydrogen) atoms. The molecule has 0 N–H and O–H groups in total. The fraction of sp³-hybridized carbons (Fsp3) is 0.0625. The fourth-order valence-electron chi connectivity index (χ4n) is 5.51. The predicted molar refractivity (Wildman–Crippen MR) is 145 cm³/mol. The Morgan fingerprint density at radius 3 is 2.42 bits per heavy atom. The highest BCUT2D eigenvalue weighted by molar-refractivity contribution is 6.09. The Kier molecular flexibility index (Phi) is 4.91. The minimum Gasteiger partial charge on any atom is -0.437 e. The number of halogens is 2. The van der Waals surface area contributed by atoms with Crippen LogP contribution >= 0.6 is 0 Å². The van der Waals surface area contributed by atoms with Crippen molar-refractivity contribution in [3.8, 4) is 28.2 Å². The molecule has 0 fully saturated rings. The number of hydrogen-bond acceptors (Lipinski definition) is 2. The van der Waals surface area contributed by atoms with Gasteiger partial charge in [0, 0.05) is 17.0 Å². The number of pyridine rings is 1. The summed E-state index contributed by atoms with van der Waals surface area (Å²) >= 11 is 0. The molecule has 7 rings (SSSR count). The van der Waals surface area contributed by atoms with Gasteiger partial charge in [-0.1, -0.05) is 66.7 Å². The van der Waals surface area contributed by atoms with Crippen LogP contribution in [-0.2, 0) is 7.05 Å². The number of furan rings is 1. The highest BCUT2D eigenvalue weighted by Gasteiger charge is 2.32. The fourth-order valence-corrected chi connectivity index (χ4v) is 5.51. The number of aromatic nitrogens is 3. The lowest BCUT2D eigenvalue weighted by atomic mass is 10.0. The molecule has 0 amide bonds. The van der Waals surface area contributed by atoms with Crippen molar-refractivity contribution < 1.29 is 17.8 Å². The van der Waals surface area contributed by atoms with Gasteiger partial charge >= 0.3 is 0 Å². The maximum absolute atomic E-state index is 14.9. The molecular weight excluding hydrogens is 480 g/mol. The molecule has 0 unspecified atom stereocenters. The van der Waals surface area contributed by atoms with E-state index in [-0.39, 0.29) is 11.1 Å². The first-order valence-corrected chi connectivity index (χ1v) is 12.4. The number of hydrogen-bond donors (Lipinski definition) is 0. The summed E-state index contributed by atoms with van der Waals surface area (Å²) in [4.78, 5) is 3.85. The van der Waals surface area contributed by atoms with E-state index >= 15 is 0 Å². The first-order chi connectivity index (χ1) is 18.5. The van der Waals surface area contributed by atoms with E-state index in [0.29, 0.717) is 11.0 Å². The molecule has 4 aromatic carbocycles. The van der Waals surface area contributed by atoms with E-state index in [1.54, 1.807) is 0 Å². The van der Waals surface area contributed by atoms with E-state index < -0.39 is 11.8 Å². The Bertz CT molecular complexity index is 2020. The number of para-hydroxylation sites is 3. The van der Waals surface area contributed by atoms with Crippen LogP contribution in [0.2, 0.25) is 0 Å². The van der Waals surface area contributed by atoms with Crippen LogP contribution in [0.15, 0.2) is 101 Å². The van der Waals surface area contributed by atoms with Gasteiger partial charge in [0.25, 0.3) is 5.82 Å². The molecule has 0 spiro atoms. The smallest absolute Gasteiger partial charge is 0.299 e. The molecule has 0 aliphatic rings. The maximum atomic E-state index is 14.9. The van der Waals surface area contributed by atoms with Crippen LogP contribution in [0.25, 0.3) is 61.3 Å². The van der Waals surface area contributed by atoms with Crippen LogP contribution < -0.4 is 4.57 Å². The van der Waals surface area contributed by atoms with Crippen LogP contribution in [-0.4, -0.2) is 9.55 Å². The van der Waals surface area contributed by atoms with Crippen LogP contribution in [0.5, 0.6) is 0 Å². The predicted octanol–water partition coefficient (Wildman–Crippen LogP) is 7.67. The van der Waals surface area contributed by atoms with Crippen molar-refractivity contribution in [3.05, 3.63) is 114 Å². The topological polar surface area (TPSA) is 34.8 Å². The monoisotopic (exact) mass is 502 g/mol. The lowest BCUT2D eigenvalue weighted by molar-refractivity contribution is -0.633. The number of fused-ring (bicyclic) bond motifs is 4. The Hall–Kier alpha value is -4.84. The van der Waals surface area contributed by atoms with Crippen LogP contribution in [0.4, 0.5) is 8.78 Å². The molecule has 0 saturated carbocycles. The van der Waals surface area contributed by atoms with Gasteiger partial charge in [-0.05, 0) is 42.3 Å². The van der Waals surface area contributed by atoms with Gasteiger partial charge in [0.2, 0.25) is 11.7 Å². The average molecular weight is 503 g/mol. The molecule has 3 heterocycles. The van der Waals surface area contributed by atoms with Crippen molar-refractivity contribution in [1.82, 2.24) is 9.55 Å². The van der Waals surface area contributed by atoms with E-state index in [1.807, 2.05) is 68.6 Å². The molecule has 0 aliphatic carbocycles. The van der Waals surface area contributed by atoms with Gasteiger partial charge in [0.1, 0.15) is 17.1 Å². The number of rotatable bonds is 3. The van der Waals surface area contributed by atoms with Crippen LogP contribution in [0, 0.1) is 18.7 Å². The molecule has 4 nitrogen and oxygen atoms in total. The lowest BCUT2D eigenvalue weighted by Gasteiger charge is -2.11. The third-order valence-corrected chi connectivity index (χ3v) is 7.21. The molecule has 0 saturated heterocycles. The second kappa shape index (κ2) is 8.35. The summed E-state index contributed by atoms with van der Waals surface area (Å²) in [7, 11) is 2.01. The molecule has 3 aromatic heterocycles. The molecular formula is C32H22F2N3O+. The molecule has 0 aliphatic heterocycles. The zero-order valence-corrected chi connectivity index (χ0v) is 20.7. The van der Waals surface area contributed by atoms with Gasteiger partial charge in [-0.2, -0.15) is 13.9 Å².